The van der Waals surface area contributed by atoms with Gasteiger partial charge < -0.3 is 0 Å². The molecule has 0 aromatic heterocycles. The Kier molecular flexibility index (Phi) is 5.15. The van der Waals surface area contributed by atoms with E-state index in [1.807, 2.05) is 24.3 Å². The normalized spacial score (nSPS) is 21.7. The molecule has 4 aromatic carbocycles. The molecular formula is C32H21N3O5. The highest BCUT2D eigenvalue weighted by Gasteiger charge is 2.72. The summed E-state index contributed by atoms with van der Waals surface area (Å²) in [6, 6.07) is 26.8. The summed E-state index contributed by atoms with van der Waals surface area (Å²) in [6.07, 6.45) is 1.65. The van der Waals surface area contributed by atoms with Gasteiger partial charge in [-0.25, -0.2) is 0 Å². The minimum atomic E-state index is -1.72. The highest BCUT2D eigenvalue weighted by molar-refractivity contribution is 6.31. The van der Waals surface area contributed by atoms with Crippen LogP contribution in [0.4, 0.5) is 5.69 Å². The van der Waals surface area contributed by atoms with Crippen molar-refractivity contribution in [1.29, 1.82) is 0 Å². The fourth-order valence-electron chi connectivity index (χ4n) is 6.73. The molecule has 194 valence electrons. The lowest BCUT2D eigenvalue weighted by Gasteiger charge is -2.36. The average molecular weight is 528 g/mol. The minimum Gasteiger partial charge on any atom is -0.293 e. The summed E-state index contributed by atoms with van der Waals surface area (Å²) in [7, 11) is 0. The molecule has 1 saturated heterocycles. The van der Waals surface area contributed by atoms with Crippen LogP contribution in [-0.4, -0.2) is 39.5 Å². The van der Waals surface area contributed by atoms with Crippen LogP contribution < -0.4 is 0 Å². The van der Waals surface area contributed by atoms with Crippen LogP contribution in [0, 0.1) is 15.5 Å². The number of nitro groups is 1. The zero-order valence-electron chi connectivity index (χ0n) is 21.0. The molecule has 2 heterocycles. The van der Waals surface area contributed by atoms with Crippen molar-refractivity contribution in [3.8, 4) is 0 Å². The fourth-order valence-corrected chi connectivity index (χ4v) is 6.73. The molecule has 1 fully saturated rings. The van der Waals surface area contributed by atoms with Gasteiger partial charge >= 0.3 is 0 Å². The molecule has 1 spiro atoms. The summed E-state index contributed by atoms with van der Waals surface area (Å²) >= 11 is 0. The van der Waals surface area contributed by atoms with Gasteiger partial charge in [-0.3, -0.25) is 29.5 Å². The van der Waals surface area contributed by atoms with E-state index in [9.17, 15) is 24.5 Å². The number of hydrogen-bond donors (Lipinski definition) is 0. The van der Waals surface area contributed by atoms with E-state index in [1.165, 1.54) is 12.1 Å². The van der Waals surface area contributed by atoms with Crippen LogP contribution in [0.2, 0.25) is 0 Å². The summed E-state index contributed by atoms with van der Waals surface area (Å²) < 4.78 is 0. The van der Waals surface area contributed by atoms with Crippen molar-refractivity contribution in [2.45, 2.75) is 18.0 Å². The van der Waals surface area contributed by atoms with E-state index < -0.39 is 28.3 Å². The van der Waals surface area contributed by atoms with Gasteiger partial charge in [0, 0.05) is 34.7 Å². The standard InChI is InChI=1S/C32H21N3O5/c36-28(20-8-2-1-3-9-20)27-26(19-14-16-22(17-15-19)35(39)40)32(30(37)24-12-6-7-13-25(24)31(32)38)29-23-11-5-4-10-21(23)18-33-34(27)29/h1-18,26-27,29H/t26-,27+,29-/m1/s1. The Hall–Kier alpha value is -5.24. The zero-order valence-corrected chi connectivity index (χ0v) is 21.0. The van der Waals surface area contributed by atoms with Crippen LogP contribution in [0.3, 0.4) is 0 Å². The van der Waals surface area contributed by atoms with Crippen LogP contribution in [0.5, 0.6) is 0 Å². The molecule has 8 nitrogen and oxygen atoms in total. The molecule has 4 aromatic rings. The Morgan fingerprint density at radius 2 is 1.40 bits per heavy atom. The SMILES string of the molecule is O=C(c1ccccc1)[C@@H]1[C@@H](c2ccc([N+](=O)[O-])cc2)C2(C(=O)c3ccccc3C2=O)[C@H]2c3ccccc3C=NN12. The van der Waals surface area contributed by atoms with E-state index in [0.717, 1.165) is 11.1 Å². The largest absolute Gasteiger partial charge is 0.293 e. The van der Waals surface area contributed by atoms with Gasteiger partial charge in [-0.05, 0) is 16.7 Å². The third-order valence-electron chi connectivity index (χ3n) is 8.37. The first kappa shape index (κ1) is 23.8. The topological polar surface area (TPSA) is 110 Å². The van der Waals surface area contributed by atoms with Gasteiger partial charge in [0.05, 0.1) is 17.2 Å². The first-order valence-corrected chi connectivity index (χ1v) is 12.9. The Labute approximate surface area is 228 Å². The lowest BCUT2D eigenvalue weighted by atomic mass is 9.63. The summed E-state index contributed by atoms with van der Waals surface area (Å²) in [5.74, 6) is -2.01. The molecule has 0 bridgehead atoms. The monoisotopic (exact) mass is 527 g/mol. The van der Waals surface area contributed by atoms with Crippen molar-refractivity contribution in [3.05, 3.63) is 147 Å². The molecule has 1 aliphatic carbocycles. The molecule has 40 heavy (non-hydrogen) atoms. The third kappa shape index (κ3) is 3.07. The Morgan fingerprint density at radius 1 is 0.800 bits per heavy atom. The molecule has 2 aliphatic heterocycles. The molecule has 7 rings (SSSR count). The highest BCUT2D eigenvalue weighted by atomic mass is 16.6. The molecule has 3 aliphatic rings. The van der Waals surface area contributed by atoms with Gasteiger partial charge in [-0.15, -0.1) is 0 Å². The van der Waals surface area contributed by atoms with Crippen molar-refractivity contribution in [3.63, 3.8) is 0 Å². The maximum atomic E-state index is 14.6. The van der Waals surface area contributed by atoms with E-state index in [1.54, 1.807) is 78.0 Å². The van der Waals surface area contributed by atoms with Crippen LogP contribution in [0.25, 0.3) is 0 Å². The lowest BCUT2D eigenvalue weighted by molar-refractivity contribution is -0.384. The maximum absolute atomic E-state index is 14.6. The number of carbonyl (C=O) groups excluding carboxylic acids is 3. The van der Waals surface area contributed by atoms with Gasteiger partial charge in [0.15, 0.2) is 17.3 Å². The molecule has 0 radical (unpaired) electrons. The van der Waals surface area contributed by atoms with E-state index in [2.05, 4.69) is 0 Å². The first-order valence-electron chi connectivity index (χ1n) is 12.9. The van der Waals surface area contributed by atoms with E-state index in [4.69, 9.17) is 5.10 Å². The Bertz CT molecular complexity index is 1730. The number of Topliss-reactive ketones (excluding diaryl/α,β-unsaturated/α-hetero) is 3. The van der Waals surface area contributed by atoms with Gasteiger partial charge in [0.25, 0.3) is 5.69 Å². The molecule has 0 amide bonds. The van der Waals surface area contributed by atoms with Crippen LogP contribution in [-0.2, 0) is 0 Å². The Morgan fingerprint density at radius 3 is 2.05 bits per heavy atom. The predicted octanol–water partition coefficient (Wildman–Crippen LogP) is 5.40. The molecular weight excluding hydrogens is 506 g/mol. The molecule has 0 saturated carbocycles. The van der Waals surface area contributed by atoms with Crippen molar-refractivity contribution in [2.75, 3.05) is 0 Å². The van der Waals surface area contributed by atoms with E-state index >= 15 is 0 Å². The number of hydrogen-bond acceptors (Lipinski definition) is 7. The molecule has 3 atom stereocenters. The number of hydrazone groups is 1. The molecule has 8 heteroatoms. The second-order valence-corrected chi connectivity index (χ2v) is 10.2. The van der Waals surface area contributed by atoms with Gasteiger partial charge in [-0.2, -0.15) is 5.10 Å². The highest BCUT2D eigenvalue weighted by Crippen LogP contribution is 2.64. The second-order valence-electron chi connectivity index (χ2n) is 10.2. The zero-order chi connectivity index (χ0) is 27.6. The summed E-state index contributed by atoms with van der Waals surface area (Å²) in [4.78, 5) is 54.6. The number of benzene rings is 4. The number of ketones is 3. The quantitative estimate of drug-likeness (QED) is 0.152. The lowest BCUT2D eigenvalue weighted by Crippen LogP contribution is -2.43. The summed E-state index contributed by atoms with van der Waals surface area (Å²) in [5, 5.41) is 17.8. The van der Waals surface area contributed by atoms with E-state index in [-0.39, 0.29) is 23.0 Å². The number of carbonyl (C=O) groups is 3. The third-order valence-corrected chi connectivity index (χ3v) is 8.37. The van der Waals surface area contributed by atoms with Crippen molar-refractivity contribution in [1.82, 2.24) is 5.01 Å². The average Bonchev–Trinajstić information content (AvgIpc) is 3.43. The maximum Gasteiger partial charge on any atom is 0.269 e. The van der Waals surface area contributed by atoms with Crippen LogP contribution in [0.1, 0.15) is 59.7 Å². The number of fused-ring (bicyclic) bond motifs is 5. The van der Waals surface area contributed by atoms with Gasteiger partial charge in [-0.1, -0.05) is 91.0 Å². The fraction of sp³-hybridized carbons (Fsp3) is 0.125. The van der Waals surface area contributed by atoms with Crippen LogP contribution in [0.15, 0.2) is 108 Å². The molecule has 0 unspecified atom stereocenters. The summed E-state index contributed by atoms with van der Waals surface area (Å²) in [5.41, 5.74) is 1.14. The van der Waals surface area contributed by atoms with Crippen molar-refractivity contribution >= 4 is 29.3 Å². The van der Waals surface area contributed by atoms with Crippen molar-refractivity contribution in [2.24, 2.45) is 10.5 Å². The minimum absolute atomic E-state index is 0.129. The first-order chi connectivity index (χ1) is 19.4. The Balaban J connectivity index is 1.55. The number of rotatable bonds is 4. The van der Waals surface area contributed by atoms with Crippen LogP contribution >= 0.6 is 0 Å². The second kappa shape index (κ2) is 8.64. The smallest absolute Gasteiger partial charge is 0.269 e. The summed E-state index contributed by atoms with van der Waals surface area (Å²) in [6.45, 7) is 0. The van der Waals surface area contributed by atoms with E-state index in [0.29, 0.717) is 22.3 Å². The van der Waals surface area contributed by atoms with Crippen molar-refractivity contribution < 1.29 is 19.3 Å². The van der Waals surface area contributed by atoms with Gasteiger partial charge in [0.1, 0.15) is 11.5 Å². The number of nitro benzene ring substituents is 1. The number of non-ortho nitro benzene ring substituents is 1. The number of nitrogens with zero attached hydrogens (tertiary/aromatic N) is 3. The molecule has 0 N–H and O–H groups in total. The van der Waals surface area contributed by atoms with Gasteiger partial charge in [0.2, 0.25) is 0 Å². The predicted molar refractivity (Wildman–Crippen MR) is 147 cm³/mol.